The fourth-order valence-electron chi connectivity index (χ4n) is 2.03. The number of nitrogens with zero attached hydrogens (tertiary/aromatic N) is 2. The second kappa shape index (κ2) is 5.65. The van der Waals surface area contributed by atoms with E-state index >= 15 is 0 Å². The van der Waals surface area contributed by atoms with E-state index in [-0.39, 0.29) is 5.92 Å². The minimum absolute atomic E-state index is 0.0626. The Morgan fingerprint density at radius 3 is 2.68 bits per heavy atom. The largest absolute Gasteiger partial charge is 0.480 e. The number of aliphatic carboxylic acids is 1. The van der Waals surface area contributed by atoms with Gasteiger partial charge in [-0.05, 0) is 25.0 Å². The van der Waals surface area contributed by atoms with Crippen LogP contribution >= 0.6 is 11.8 Å². The van der Waals surface area contributed by atoms with Crippen molar-refractivity contribution in [3.8, 4) is 0 Å². The fraction of sp³-hybridized carbons (Fsp3) is 0.429. The van der Waals surface area contributed by atoms with Crippen LogP contribution in [0.3, 0.4) is 0 Å². The molecule has 0 aliphatic carbocycles. The molecule has 4 nitrogen and oxygen atoms in total. The van der Waals surface area contributed by atoms with Gasteiger partial charge in [0.25, 0.3) is 0 Å². The number of thioether (sulfide) groups is 1. The van der Waals surface area contributed by atoms with Gasteiger partial charge in [0.2, 0.25) is 0 Å². The number of aromatic nitrogens is 2. The summed E-state index contributed by atoms with van der Waals surface area (Å²) in [5, 5.41) is 9.60. The highest BCUT2D eigenvalue weighted by atomic mass is 32.2. The quantitative estimate of drug-likeness (QED) is 0.853. The number of carboxylic acid groups (broad SMARTS) is 1. The first-order valence-corrected chi connectivity index (χ1v) is 7.27. The van der Waals surface area contributed by atoms with E-state index in [1.165, 1.54) is 11.8 Å². The molecule has 0 bridgehead atoms. The monoisotopic (exact) mass is 278 g/mol. The van der Waals surface area contributed by atoms with Crippen LogP contribution in [0.5, 0.6) is 0 Å². The van der Waals surface area contributed by atoms with Gasteiger partial charge in [-0.2, -0.15) is 0 Å². The lowest BCUT2D eigenvalue weighted by atomic mass is 10.1. The van der Waals surface area contributed by atoms with Gasteiger partial charge in [-0.15, -0.1) is 0 Å². The summed E-state index contributed by atoms with van der Waals surface area (Å²) in [5.74, 6) is -0.720. The Hall–Kier alpha value is -1.49. The Morgan fingerprint density at radius 2 is 2.11 bits per heavy atom. The molecule has 0 fully saturated rings. The number of hydrogen-bond acceptors (Lipinski definition) is 3. The molecule has 0 aliphatic rings. The molecular formula is C14H18N2O2S. The summed E-state index contributed by atoms with van der Waals surface area (Å²) in [7, 11) is 0. The molecule has 1 unspecified atom stereocenters. The highest BCUT2D eigenvalue weighted by Crippen LogP contribution is 2.30. The minimum Gasteiger partial charge on any atom is -0.480 e. The summed E-state index contributed by atoms with van der Waals surface area (Å²) in [4.78, 5) is 15.9. The van der Waals surface area contributed by atoms with Crippen molar-refractivity contribution in [1.82, 2.24) is 9.55 Å². The average molecular weight is 278 g/mol. The normalized spacial score (nSPS) is 13.1. The lowest BCUT2D eigenvalue weighted by molar-refractivity contribution is -0.137. The first-order valence-electron chi connectivity index (χ1n) is 6.39. The molecule has 2 aromatic rings. The van der Waals surface area contributed by atoms with Gasteiger partial charge in [-0.1, -0.05) is 37.7 Å². The number of benzene rings is 1. The van der Waals surface area contributed by atoms with E-state index in [2.05, 4.69) is 9.55 Å². The lowest BCUT2D eigenvalue weighted by Gasteiger charge is -2.15. The second-order valence-electron chi connectivity index (χ2n) is 4.75. The number of fused-ring (bicyclic) bond motifs is 1. The van der Waals surface area contributed by atoms with E-state index in [9.17, 15) is 9.90 Å². The Bertz CT molecular complexity index is 592. The third kappa shape index (κ3) is 2.76. The van der Waals surface area contributed by atoms with Gasteiger partial charge in [-0.25, -0.2) is 4.98 Å². The van der Waals surface area contributed by atoms with Crippen LogP contribution in [0.15, 0.2) is 29.4 Å². The molecule has 102 valence electrons. The molecule has 19 heavy (non-hydrogen) atoms. The van der Waals surface area contributed by atoms with Crippen LogP contribution in [0.1, 0.15) is 20.8 Å². The highest BCUT2D eigenvalue weighted by Gasteiger charge is 2.25. The maximum atomic E-state index is 11.3. The molecule has 0 radical (unpaired) electrons. The Kier molecular flexibility index (Phi) is 4.14. The molecule has 1 aromatic heterocycles. The van der Waals surface area contributed by atoms with Crippen LogP contribution in [0.2, 0.25) is 0 Å². The molecular weight excluding hydrogens is 260 g/mol. The molecule has 1 aromatic carbocycles. The first-order chi connectivity index (χ1) is 9.04. The Labute approximate surface area is 116 Å². The van der Waals surface area contributed by atoms with Gasteiger partial charge in [0, 0.05) is 6.54 Å². The summed E-state index contributed by atoms with van der Waals surface area (Å²) in [6.45, 7) is 6.67. The van der Waals surface area contributed by atoms with Gasteiger partial charge >= 0.3 is 5.97 Å². The maximum absolute atomic E-state index is 11.3. The lowest BCUT2D eigenvalue weighted by Crippen LogP contribution is -2.23. The van der Waals surface area contributed by atoms with Crippen molar-refractivity contribution in [2.75, 3.05) is 0 Å². The van der Waals surface area contributed by atoms with E-state index in [1.54, 1.807) is 0 Å². The molecule has 2 rings (SSSR count). The van der Waals surface area contributed by atoms with E-state index in [0.717, 1.165) is 22.7 Å². The minimum atomic E-state index is -0.783. The summed E-state index contributed by atoms with van der Waals surface area (Å²) >= 11 is 1.33. The van der Waals surface area contributed by atoms with Gasteiger partial charge in [0.1, 0.15) is 5.25 Å². The summed E-state index contributed by atoms with van der Waals surface area (Å²) in [6.07, 6.45) is 0. The number of hydrogen-bond donors (Lipinski definition) is 1. The van der Waals surface area contributed by atoms with Crippen molar-refractivity contribution in [3.63, 3.8) is 0 Å². The van der Waals surface area contributed by atoms with Crippen LogP contribution in [0, 0.1) is 5.92 Å². The van der Waals surface area contributed by atoms with Gasteiger partial charge < -0.3 is 9.67 Å². The zero-order valence-electron chi connectivity index (χ0n) is 11.3. The molecule has 0 saturated heterocycles. The molecule has 0 amide bonds. The molecule has 1 atom stereocenters. The molecule has 0 spiro atoms. The van der Waals surface area contributed by atoms with E-state index < -0.39 is 11.2 Å². The third-order valence-electron chi connectivity index (χ3n) is 3.02. The topological polar surface area (TPSA) is 55.1 Å². The Morgan fingerprint density at radius 1 is 1.42 bits per heavy atom. The van der Waals surface area contributed by atoms with Crippen LogP contribution in [-0.2, 0) is 11.3 Å². The number of carboxylic acids is 1. The van der Waals surface area contributed by atoms with E-state index in [0.29, 0.717) is 0 Å². The number of aryl methyl sites for hydroxylation is 1. The van der Waals surface area contributed by atoms with E-state index in [1.807, 2.05) is 45.0 Å². The molecule has 5 heteroatoms. The third-order valence-corrected chi connectivity index (χ3v) is 4.54. The van der Waals surface area contributed by atoms with Crippen molar-refractivity contribution in [2.45, 2.75) is 37.7 Å². The van der Waals surface area contributed by atoms with Crippen LogP contribution in [0.4, 0.5) is 0 Å². The highest BCUT2D eigenvalue weighted by molar-refractivity contribution is 8.00. The van der Waals surface area contributed by atoms with E-state index in [4.69, 9.17) is 0 Å². The number of para-hydroxylation sites is 2. The molecule has 1 heterocycles. The standard InChI is InChI=1S/C14H18N2O2S/c1-4-16-11-8-6-5-7-10(11)15-14(16)19-12(9(2)3)13(17)18/h5-9,12H,4H2,1-3H3,(H,17,18). The van der Waals surface area contributed by atoms with Crippen LogP contribution in [0.25, 0.3) is 11.0 Å². The first kappa shape index (κ1) is 13.9. The SMILES string of the molecule is CCn1c(SC(C(=O)O)C(C)C)nc2ccccc21. The van der Waals surface area contributed by atoms with Crippen molar-refractivity contribution in [2.24, 2.45) is 5.92 Å². The molecule has 0 aliphatic heterocycles. The smallest absolute Gasteiger partial charge is 0.317 e. The van der Waals surface area contributed by atoms with Gasteiger partial charge in [0.15, 0.2) is 5.16 Å². The zero-order chi connectivity index (χ0) is 14.0. The van der Waals surface area contributed by atoms with Gasteiger partial charge in [0.05, 0.1) is 11.0 Å². The predicted octanol–water partition coefficient (Wildman–Crippen LogP) is 3.26. The number of rotatable bonds is 5. The van der Waals surface area contributed by atoms with Crippen LogP contribution < -0.4 is 0 Å². The van der Waals surface area contributed by atoms with Crippen molar-refractivity contribution >= 4 is 28.8 Å². The van der Waals surface area contributed by atoms with Crippen LogP contribution in [-0.4, -0.2) is 25.9 Å². The summed E-state index contributed by atoms with van der Waals surface area (Å²) < 4.78 is 2.07. The van der Waals surface area contributed by atoms with Crippen molar-refractivity contribution < 1.29 is 9.90 Å². The molecule has 0 saturated carbocycles. The van der Waals surface area contributed by atoms with Crippen molar-refractivity contribution in [3.05, 3.63) is 24.3 Å². The van der Waals surface area contributed by atoms with Gasteiger partial charge in [-0.3, -0.25) is 4.79 Å². The maximum Gasteiger partial charge on any atom is 0.317 e. The molecule has 1 N–H and O–H groups in total. The number of carbonyl (C=O) groups is 1. The summed E-state index contributed by atoms with van der Waals surface area (Å²) in [6, 6.07) is 7.89. The zero-order valence-corrected chi connectivity index (χ0v) is 12.1. The average Bonchev–Trinajstić information content (AvgIpc) is 2.72. The second-order valence-corrected chi connectivity index (χ2v) is 5.86. The van der Waals surface area contributed by atoms with Crippen molar-refractivity contribution in [1.29, 1.82) is 0 Å². The Balaban J connectivity index is 2.42. The summed E-state index contributed by atoms with van der Waals surface area (Å²) in [5.41, 5.74) is 1.97. The predicted molar refractivity (Wildman–Crippen MR) is 77.5 cm³/mol. The number of imidazole rings is 1. The fourth-order valence-corrected chi connectivity index (χ4v) is 3.14.